The highest BCUT2D eigenvalue weighted by molar-refractivity contribution is 7.79. The van der Waals surface area contributed by atoms with E-state index in [-0.39, 0.29) is 6.15 Å². The average Bonchev–Trinajstić information content (AvgIpc) is 1.63. The Morgan fingerprint density at radius 3 is 1.55 bits per heavy atom. The van der Waals surface area contributed by atoms with E-state index in [4.69, 9.17) is 22.6 Å². The fourth-order valence-corrected chi connectivity index (χ4v) is 0.158. The summed E-state index contributed by atoms with van der Waals surface area (Å²) in [5.74, 6) is 0. The van der Waals surface area contributed by atoms with Crippen molar-refractivity contribution in [3.8, 4) is 0 Å². The van der Waals surface area contributed by atoms with Crippen molar-refractivity contribution in [2.24, 2.45) is 0 Å². The summed E-state index contributed by atoms with van der Waals surface area (Å²) < 4.78 is 31.6. The molecular weight excluding hydrogens is 174 g/mol. The minimum Gasteiger partial charge on any atom is -0.396 e. The lowest BCUT2D eigenvalue weighted by Crippen LogP contribution is -1.89. The van der Waals surface area contributed by atoms with Gasteiger partial charge in [-0.2, -0.15) is 8.42 Å². The minimum absolute atomic E-state index is 0. The lowest BCUT2D eigenvalue weighted by Gasteiger charge is -1.79. The monoisotopic (exact) mass is 189 g/mol. The second-order valence-electron chi connectivity index (χ2n) is 1.52. The standard InChI is InChI=1S/C4H10O.H3N.H2O4S/c1-2-3-4-5;;1-5(2,3)4/h5H,2-4H2,1H3;1H3;(H2,1,2,3,4). The number of aliphatic hydroxyl groups excluding tert-OH is 1. The van der Waals surface area contributed by atoms with Crippen molar-refractivity contribution in [2.75, 3.05) is 6.61 Å². The number of unbranched alkanes of at least 4 members (excludes halogenated alkanes) is 1. The summed E-state index contributed by atoms with van der Waals surface area (Å²) in [6, 6.07) is 0. The summed E-state index contributed by atoms with van der Waals surface area (Å²) in [7, 11) is -4.67. The van der Waals surface area contributed by atoms with Crippen molar-refractivity contribution < 1.29 is 22.6 Å². The number of aliphatic hydroxyl groups is 1. The van der Waals surface area contributed by atoms with Crippen LogP contribution in [0, 0.1) is 0 Å². The van der Waals surface area contributed by atoms with Crippen LogP contribution in [0.5, 0.6) is 0 Å². The van der Waals surface area contributed by atoms with Gasteiger partial charge in [-0.05, 0) is 6.42 Å². The predicted octanol–water partition coefficient (Wildman–Crippen LogP) is 0.288. The highest BCUT2D eigenvalue weighted by atomic mass is 32.3. The summed E-state index contributed by atoms with van der Waals surface area (Å²) >= 11 is 0. The molecule has 72 valence electrons. The summed E-state index contributed by atoms with van der Waals surface area (Å²) in [5, 5.41) is 8.07. The molecule has 0 rings (SSSR count). The van der Waals surface area contributed by atoms with Crippen molar-refractivity contribution in [3.05, 3.63) is 0 Å². The fourth-order valence-electron chi connectivity index (χ4n) is 0.158. The molecular formula is C4H15NO5S. The Bertz CT molecular complexity index is 133. The molecule has 0 aromatic rings. The van der Waals surface area contributed by atoms with Gasteiger partial charge in [0, 0.05) is 6.61 Å². The molecule has 0 radical (unpaired) electrons. The van der Waals surface area contributed by atoms with Crippen LogP contribution in [-0.4, -0.2) is 29.2 Å². The maximum absolute atomic E-state index is 8.74. The number of hydrogen-bond acceptors (Lipinski definition) is 4. The van der Waals surface area contributed by atoms with Crippen molar-refractivity contribution in [1.29, 1.82) is 0 Å². The summed E-state index contributed by atoms with van der Waals surface area (Å²) in [4.78, 5) is 0. The first-order chi connectivity index (χ1) is 4.41. The third kappa shape index (κ3) is 185. The van der Waals surface area contributed by atoms with Crippen LogP contribution in [0.15, 0.2) is 0 Å². The van der Waals surface area contributed by atoms with E-state index in [1.54, 1.807) is 0 Å². The van der Waals surface area contributed by atoms with E-state index in [2.05, 4.69) is 6.92 Å². The highest BCUT2D eigenvalue weighted by Gasteiger charge is 1.84. The molecule has 0 saturated carbocycles. The molecule has 6 N–H and O–H groups in total. The van der Waals surface area contributed by atoms with Crippen molar-refractivity contribution >= 4 is 10.4 Å². The van der Waals surface area contributed by atoms with Crippen molar-refractivity contribution in [3.63, 3.8) is 0 Å². The normalized spacial score (nSPS) is 9.09. The lowest BCUT2D eigenvalue weighted by molar-refractivity contribution is 0.287. The largest absolute Gasteiger partial charge is 0.396 e. The first-order valence-electron chi connectivity index (χ1n) is 2.72. The van der Waals surface area contributed by atoms with Crippen LogP contribution >= 0.6 is 0 Å². The van der Waals surface area contributed by atoms with Gasteiger partial charge in [0.25, 0.3) is 0 Å². The Hall–Kier alpha value is -0.210. The minimum atomic E-state index is -4.67. The molecule has 0 aliphatic heterocycles. The molecule has 0 atom stereocenters. The lowest BCUT2D eigenvalue weighted by atomic mass is 10.4. The summed E-state index contributed by atoms with van der Waals surface area (Å²) in [5.41, 5.74) is 0. The van der Waals surface area contributed by atoms with E-state index in [1.165, 1.54) is 0 Å². The van der Waals surface area contributed by atoms with Gasteiger partial charge in [0.2, 0.25) is 0 Å². The van der Waals surface area contributed by atoms with Crippen LogP contribution < -0.4 is 6.15 Å². The van der Waals surface area contributed by atoms with Gasteiger partial charge in [-0.1, -0.05) is 13.3 Å². The van der Waals surface area contributed by atoms with E-state index in [1.807, 2.05) is 0 Å². The smallest absolute Gasteiger partial charge is 0.394 e. The Morgan fingerprint density at radius 2 is 1.55 bits per heavy atom. The second-order valence-corrected chi connectivity index (χ2v) is 2.42. The molecule has 0 fully saturated rings. The Kier molecular flexibility index (Phi) is 15.2. The fraction of sp³-hybridized carbons (Fsp3) is 1.00. The van der Waals surface area contributed by atoms with Crippen LogP contribution in [0.2, 0.25) is 0 Å². The van der Waals surface area contributed by atoms with Crippen LogP contribution in [-0.2, 0) is 10.4 Å². The molecule has 11 heavy (non-hydrogen) atoms. The van der Waals surface area contributed by atoms with Gasteiger partial charge in [0.05, 0.1) is 0 Å². The van der Waals surface area contributed by atoms with Gasteiger partial charge >= 0.3 is 10.4 Å². The van der Waals surface area contributed by atoms with Gasteiger partial charge in [-0.15, -0.1) is 0 Å². The van der Waals surface area contributed by atoms with Crippen LogP contribution in [0.1, 0.15) is 19.8 Å². The van der Waals surface area contributed by atoms with Crippen LogP contribution in [0.3, 0.4) is 0 Å². The molecule has 0 bridgehead atoms. The second kappa shape index (κ2) is 9.79. The maximum atomic E-state index is 8.74. The third-order valence-corrected chi connectivity index (χ3v) is 0.512. The molecule has 0 spiro atoms. The Morgan fingerprint density at radius 1 is 1.27 bits per heavy atom. The van der Waals surface area contributed by atoms with Crippen LogP contribution in [0.25, 0.3) is 0 Å². The zero-order valence-electron chi connectivity index (χ0n) is 6.39. The van der Waals surface area contributed by atoms with Gasteiger partial charge < -0.3 is 11.3 Å². The zero-order valence-corrected chi connectivity index (χ0v) is 7.21. The summed E-state index contributed by atoms with van der Waals surface area (Å²) in [6.07, 6.45) is 2.04. The molecule has 0 unspecified atom stereocenters. The summed E-state index contributed by atoms with van der Waals surface area (Å²) in [6.45, 7) is 2.40. The number of hydrogen-bond donors (Lipinski definition) is 4. The third-order valence-electron chi connectivity index (χ3n) is 0.512. The Balaban J connectivity index is -0.000000107. The Labute approximate surface area is 66.4 Å². The predicted molar refractivity (Wildman–Crippen MR) is 41.2 cm³/mol. The van der Waals surface area contributed by atoms with E-state index in [0.717, 1.165) is 12.8 Å². The molecule has 0 aromatic carbocycles. The first kappa shape index (κ1) is 17.0. The number of rotatable bonds is 2. The van der Waals surface area contributed by atoms with Gasteiger partial charge in [0.1, 0.15) is 0 Å². The van der Waals surface area contributed by atoms with Gasteiger partial charge in [-0.25, -0.2) is 0 Å². The van der Waals surface area contributed by atoms with E-state index >= 15 is 0 Å². The molecule has 0 amide bonds. The van der Waals surface area contributed by atoms with Gasteiger partial charge in [-0.3, -0.25) is 9.11 Å². The van der Waals surface area contributed by atoms with E-state index < -0.39 is 10.4 Å². The highest BCUT2D eigenvalue weighted by Crippen LogP contribution is 1.78. The molecule has 0 saturated heterocycles. The topological polar surface area (TPSA) is 130 Å². The molecule has 0 aliphatic rings. The average molecular weight is 189 g/mol. The molecule has 7 heteroatoms. The quantitative estimate of drug-likeness (QED) is 0.462. The molecule has 0 aliphatic carbocycles. The first-order valence-corrected chi connectivity index (χ1v) is 4.12. The molecule has 6 nitrogen and oxygen atoms in total. The molecule has 0 aromatic heterocycles. The van der Waals surface area contributed by atoms with Crippen molar-refractivity contribution in [2.45, 2.75) is 19.8 Å². The van der Waals surface area contributed by atoms with E-state index in [0.29, 0.717) is 6.61 Å². The van der Waals surface area contributed by atoms with Gasteiger partial charge in [0.15, 0.2) is 0 Å². The zero-order chi connectivity index (χ0) is 8.62. The molecule has 0 heterocycles. The van der Waals surface area contributed by atoms with Crippen LogP contribution in [0.4, 0.5) is 0 Å². The maximum Gasteiger partial charge on any atom is 0.394 e. The van der Waals surface area contributed by atoms with Crippen molar-refractivity contribution in [1.82, 2.24) is 6.15 Å². The SMILES string of the molecule is CCCCO.N.O=S(=O)(O)O. The van der Waals surface area contributed by atoms with E-state index in [9.17, 15) is 0 Å².